The fourth-order valence-electron chi connectivity index (χ4n) is 1.25. The third-order valence-electron chi connectivity index (χ3n) is 2.06. The molecule has 0 spiro atoms. The third-order valence-corrected chi connectivity index (χ3v) is 2.75. The van der Waals surface area contributed by atoms with Gasteiger partial charge in [-0.05, 0) is 23.6 Å². The highest BCUT2D eigenvalue weighted by Gasteiger charge is 2.19. The molecular weight excluding hydrogens is 237 g/mol. The summed E-state index contributed by atoms with van der Waals surface area (Å²) in [6.45, 7) is 0. The van der Waals surface area contributed by atoms with Gasteiger partial charge in [0.25, 0.3) is 0 Å². The van der Waals surface area contributed by atoms with E-state index in [4.69, 9.17) is 0 Å². The van der Waals surface area contributed by atoms with E-state index in [-0.39, 0.29) is 5.56 Å². The van der Waals surface area contributed by atoms with Gasteiger partial charge in [0, 0.05) is 10.9 Å². The van der Waals surface area contributed by atoms with Crippen molar-refractivity contribution < 1.29 is 18.0 Å². The molecule has 2 aromatic rings. The second-order valence-corrected chi connectivity index (χ2v) is 3.84. The first-order chi connectivity index (χ1) is 7.61. The number of benzene rings is 1. The summed E-state index contributed by atoms with van der Waals surface area (Å²) in [7, 11) is 0. The van der Waals surface area contributed by atoms with E-state index in [1.54, 1.807) is 5.38 Å². The molecular formula is C11H5F3OS. The first kappa shape index (κ1) is 10.9. The Bertz CT molecular complexity index is 534. The van der Waals surface area contributed by atoms with Crippen LogP contribution in [-0.2, 0) is 0 Å². The number of ketones is 1. The highest BCUT2D eigenvalue weighted by atomic mass is 32.1. The molecule has 0 saturated carbocycles. The van der Waals surface area contributed by atoms with Crippen molar-refractivity contribution in [1.82, 2.24) is 0 Å². The number of hydrogen-bond donors (Lipinski definition) is 0. The van der Waals surface area contributed by atoms with Gasteiger partial charge in [-0.3, -0.25) is 4.79 Å². The zero-order valence-corrected chi connectivity index (χ0v) is 8.65. The molecule has 0 aliphatic rings. The lowest BCUT2D eigenvalue weighted by atomic mass is 10.1. The summed E-state index contributed by atoms with van der Waals surface area (Å²) in [4.78, 5) is 11.7. The lowest BCUT2D eigenvalue weighted by Gasteiger charge is -2.02. The Morgan fingerprint density at radius 1 is 1.06 bits per heavy atom. The summed E-state index contributed by atoms with van der Waals surface area (Å²) in [6, 6.07) is 3.17. The summed E-state index contributed by atoms with van der Waals surface area (Å²) < 4.78 is 38.8. The van der Waals surface area contributed by atoms with E-state index in [0.717, 1.165) is 12.1 Å². The maximum atomic E-state index is 13.3. The van der Waals surface area contributed by atoms with Crippen molar-refractivity contribution in [3.63, 3.8) is 0 Å². The van der Waals surface area contributed by atoms with Gasteiger partial charge in [0.05, 0.1) is 5.56 Å². The van der Waals surface area contributed by atoms with E-state index < -0.39 is 28.8 Å². The molecule has 1 heterocycles. The maximum Gasteiger partial charge on any atom is 0.196 e. The molecule has 0 aliphatic heterocycles. The summed E-state index contributed by atoms with van der Waals surface area (Å²) in [5.74, 6) is -5.03. The highest BCUT2D eigenvalue weighted by molar-refractivity contribution is 7.08. The predicted molar refractivity (Wildman–Crippen MR) is 54.1 cm³/mol. The van der Waals surface area contributed by atoms with Gasteiger partial charge in [0.15, 0.2) is 23.2 Å². The van der Waals surface area contributed by atoms with Crippen molar-refractivity contribution in [2.75, 3.05) is 0 Å². The monoisotopic (exact) mass is 242 g/mol. The van der Waals surface area contributed by atoms with Gasteiger partial charge >= 0.3 is 0 Å². The highest BCUT2D eigenvalue weighted by Crippen LogP contribution is 2.19. The number of halogens is 3. The molecule has 0 atom stereocenters. The van der Waals surface area contributed by atoms with Gasteiger partial charge in [-0.1, -0.05) is 0 Å². The Morgan fingerprint density at radius 2 is 1.81 bits per heavy atom. The average Bonchev–Trinajstić information content (AvgIpc) is 2.79. The maximum absolute atomic E-state index is 13.3. The molecule has 1 aromatic heterocycles. The number of hydrogen-bond acceptors (Lipinski definition) is 2. The van der Waals surface area contributed by atoms with Gasteiger partial charge in [-0.15, -0.1) is 0 Å². The largest absolute Gasteiger partial charge is 0.288 e. The normalized spacial score (nSPS) is 10.4. The van der Waals surface area contributed by atoms with Crippen LogP contribution in [0.2, 0.25) is 0 Å². The zero-order chi connectivity index (χ0) is 11.7. The van der Waals surface area contributed by atoms with Gasteiger partial charge < -0.3 is 0 Å². The lowest BCUT2D eigenvalue weighted by molar-refractivity contribution is 0.103. The van der Waals surface area contributed by atoms with E-state index in [1.807, 2.05) is 0 Å². The van der Waals surface area contributed by atoms with Crippen LogP contribution in [0.15, 0.2) is 29.0 Å². The fraction of sp³-hybridized carbons (Fsp3) is 0. The Kier molecular flexibility index (Phi) is 2.78. The third kappa shape index (κ3) is 1.74. The molecule has 1 aromatic carbocycles. The molecule has 0 saturated heterocycles. The summed E-state index contributed by atoms with van der Waals surface area (Å²) >= 11 is 1.26. The van der Waals surface area contributed by atoms with Crippen molar-refractivity contribution in [3.05, 3.63) is 57.5 Å². The van der Waals surface area contributed by atoms with Crippen molar-refractivity contribution in [1.29, 1.82) is 0 Å². The zero-order valence-electron chi connectivity index (χ0n) is 7.84. The molecule has 0 bridgehead atoms. The van der Waals surface area contributed by atoms with E-state index in [0.29, 0.717) is 0 Å². The minimum Gasteiger partial charge on any atom is -0.288 e. The standard InChI is InChI=1S/C11H5F3OS/c12-8-2-1-7(9(13)10(8)14)11(15)6-3-4-16-5-6/h1-5H. The molecule has 82 valence electrons. The quantitative estimate of drug-likeness (QED) is 0.582. The van der Waals surface area contributed by atoms with E-state index in [2.05, 4.69) is 0 Å². The summed E-state index contributed by atoms with van der Waals surface area (Å²) in [5.41, 5.74) is -0.202. The molecule has 16 heavy (non-hydrogen) atoms. The molecule has 0 N–H and O–H groups in total. The lowest BCUT2D eigenvalue weighted by Crippen LogP contribution is -2.06. The number of thiophene rings is 1. The Labute approximate surface area is 93.2 Å². The molecule has 1 nitrogen and oxygen atoms in total. The topological polar surface area (TPSA) is 17.1 Å². The molecule has 0 amide bonds. The number of carbonyl (C=O) groups is 1. The number of rotatable bonds is 2. The van der Waals surface area contributed by atoms with Crippen LogP contribution >= 0.6 is 11.3 Å². The van der Waals surface area contributed by atoms with Gasteiger partial charge in [0.2, 0.25) is 0 Å². The molecule has 0 aliphatic carbocycles. The molecule has 2 rings (SSSR count). The van der Waals surface area contributed by atoms with Crippen molar-refractivity contribution in [3.8, 4) is 0 Å². The van der Waals surface area contributed by atoms with Gasteiger partial charge in [0.1, 0.15) is 0 Å². The Balaban J connectivity index is 2.50. The van der Waals surface area contributed by atoms with Crippen LogP contribution in [0.25, 0.3) is 0 Å². The van der Waals surface area contributed by atoms with Crippen LogP contribution in [-0.4, -0.2) is 5.78 Å². The van der Waals surface area contributed by atoms with Crippen molar-refractivity contribution >= 4 is 17.1 Å². The second-order valence-electron chi connectivity index (χ2n) is 3.06. The van der Waals surface area contributed by atoms with Crippen LogP contribution in [0, 0.1) is 17.5 Å². The van der Waals surface area contributed by atoms with Crippen LogP contribution in [0.3, 0.4) is 0 Å². The van der Waals surface area contributed by atoms with E-state index >= 15 is 0 Å². The molecule has 0 radical (unpaired) electrons. The van der Waals surface area contributed by atoms with Crippen molar-refractivity contribution in [2.24, 2.45) is 0 Å². The van der Waals surface area contributed by atoms with E-state index in [9.17, 15) is 18.0 Å². The van der Waals surface area contributed by atoms with Crippen LogP contribution in [0.1, 0.15) is 15.9 Å². The average molecular weight is 242 g/mol. The fourth-order valence-corrected chi connectivity index (χ4v) is 1.89. The SMILES string of the molecule is O=C(c1ccsc1)c1ccc(F)c(F)c1F. The molecule has 0 unspecified atom stereocenters. The van der Waals surface area contributed by atoms with Gasteiger partial charge in [-0.25, -0.2) is 13.2 Å². The Hall–Kier alpha value is -1.62. The minimum absolute atomic E-state index is 0.259. The Morgan fingerprint density at radius 3 is 2.44 bits per heavy atom. The van der Waals surface area contributed by atoms with Crippen molar-refractivity contribution in [2.45, 2.75) is 0 Å². The predicted octanol–water partition coefficient (Wildman–Crippen LogP) is 3.40. The van der Waals surface area contributed by atoms with Gasteiger partial charge in [-0.2, -0.15) is 11.3 Å². The summed E-state index contributed by atoms with van der Waals surface area (Å²) in [5, 5.41) is 3.16. The minimum atomic E-state index is -1.62. The molecule has 5 heteroatoms. The smallest absolute Gasteiger partial charge is 0.196 e. The first-order valence-corrected chi connectivity index (χ1v) is 5.26. The van der Waals surface area contributed by atoms with Crippen LogP contribution < -0.4 is 0 Å². The number of carbonyl (C=O) groups excluding carboxylic acids is 1. The van der Waals surface area contributed by atoms with Crippen LogP contribution in [0.5, 0.6) is 0 Å². The first-order valence-electron chi connectivity index (χ1n) is 4.31. The van der Waals surface area contributed by atoms with E-state index in [1.165, 1.54) is 22.8 Å². The van der Waals surface area contributed by atoms with Crippen LogP contribution in [0.4, 0.5) is 13.2 Å². The summed E-state index contributed by atoms with van der Waals surface area (Å²) in [6.07, 6.45) is 0. The molecule has 0 fully saturated rings. The second kappa shape index (κ2) is 4.09.